The Morgan fingerprint density at radius 1 is 1.30 bits per heavy atom. The van der Waals surface area contributed by atoms with Crippen molar-refractivity contribution < 1.29 is 9.59 Å². The third kappa shape index (κ3) is 2.81. The number of imide groups is 1. The summed E-state index contributed by atoms with van der Waals surface area (Å²) in [5.74, 6) is -0.142. The number of likely N-dealkylation sites (tertiary alicyclic amines) is 1. The molecule has 6 nitrogen and oxygen atoms in total. The molecule has 2 unspecified atom stereocenters. The van der Waals surface area contributed by atoms with Crippen LogP contribution >= 0.6 is 0 Å². The molecule has 0 bridgehead atoms. The number of amides is 3. The van der Waals surface area contributed by atoms with Gasteiger partial charge in [0.2, 0.25) is 0 Å². The second kappa shape index (κ2) is 5.69. The number of nitrogens with two attached hydrogens (primary N) is 1. The van der Waals surface area contributed by atoms with Crippen molar-refractivity contribution in [1.29, 1.82) is 0 Å². The Morgan fingerprint density at radius 3 is 2.55 bits per heavy atom. The first-order valence-corrected chi connectivity index (χ1v) is 7.46. The molecule has 0 spiro atoms. The molecular weight excluding hydrogens is 256 g/mol. The molecule has 0 aromatic heterocycles. The highest BCUT2D eigenvalue weighted by atomic mass is 16.2. The lowest BCUT2D eigenvalue weighted by Crippen LogP contribution is -2.52. The number of nitrogens with one attached hydrogen (secondary N) is 1. The van der Waals surface area contributed by atoms with E-state index in [0.717, 1.165) is 12.8 Å². The van der Waals surface area contributed by atoms with Crippen molar-refractivity contribution >= 4 is 11.9 Å². The van der Waals surface area contributed by atoms with Gasteiger partial charge in [0.05, 0.1) is 0 Å². The van der Waals surface area contributed by atoms with Gasteiger partial charge in [0.25, 0.3) is 5.91 Å². The van der Waals surface area contributed by atoms with Crippen LogP contribution in [0.3, 0.4) is 0 Å². The molecule has 20 heavy (non-hydrogen) atoms. The van der Waals surface area contributed by atoms with Crippen molar-refractivity contribution in [2.24, 2.45) is 5.73 Å². The fourth-order valence-electron chi connectivity index (χ4n) is 3.23. The van der Waals surface area contributed by atoms with E-state index >= 15 is 0 Å². The molecule has 2 aliphatic heterocycles. The number of urea groups is 1. The van der Waals surface area contributed by atoms with Crippen molar-refractivity contribution in [3.63, 3.8) is 0 Å². The van der Waals surface area contributed by atoms with Crippen LogP contribution in [-0.4, -0.2) is 59.0 Å². The number of hydrogen-bond acceptors (Lipinski definition) is 4. The molecule has 0 aromatic carbocycles. The van der Waals surface area contributed by atoms with E-state index in [2.05, 4.69) is 17.1 Å². The lowest BCUT2D eigenvalue weighted by Gasteiger charge is -2.40. The lowest BCUT2D eigenvalue weighted by atomic mass is 9.96. The van der Waals surface area contributed by atoms with E-state index in [1.807, 2.05) is 0 Å². The summed E-state index contributed by atoms with van der Waals surface area (Å²) in [4.78, 5) is 27.7. The number of carbonyl (C=O) groups is 2. The Bertz CT molecular complexity index is 397. The van der Waals surface area contributed by atoms with Gasteiger partial charge < -0.3 is 11.1 Å². The highest BCUT2D eigenvalue weighted by molar-refractivity contribution is 6.06. The summed E-state index contributed by atoms with van der Waals surface area (Å²) in [6.07, 6.45) is 3.46. The minimum absolute atomic E-state index is 0.142. The zero-order chi connectivity index (χ0) is 14.9. The number of hydrogen-bond donors (Lipinski definition) is 2. The summed E-state index contributed by atoms with van der Waals surface area (Å²) in [6.45, 7) is 7.44. The van der Waals surface area contributed by atoms with Gasteiger partial charge in [-0.3, -0.25) is 14.6 Å². The zero-order valence-electron chi connectivity index (χ0n) is 12.7. The summed E-state index contributed by atoms with van der Waals surface area (Å²) in [5.41, 5.74) is 5.06. The van der Waals surface area contributed by atoms with Crippen LogP contribution in [0.5, 0.6) is 0 Å². The van der Waals surface area contributed by atoms with Gasteiger partial charge in [-0.1, -0.05) is 6.42 Å². The van der Waals surface area contributed by atoms with Gasteiger partial charge in [0.15, 0.2) is 0 Å². The second-order valence-electron chi connectivity index (χ2n) is 6.42. The normalized spacial score (nSPS) is 30.7. The first-order valence-electron chi connectivity index (χ1n) is 7.46. The Hall–Kier alpha value is -1.14. The van der Waals surface area contributed by atoms with Crippen LogP contribution in [0.25, 0.3) is 0 Å². The summed E-state index contributed by atoms with van der Waals surface area (Å²) >= 11 is 0. The minimum Gasteiger partial charge on any atom is -0.329 e. The van der Waals surface area contributed by atoms with Crippen LogP contribution in [0.4, 0.5) is 4.79 Å². The highest BCUT2D eigenvalue weighted by Crippen LogP contribution is 2.23. The van der Waals surface area contributed by atoms with Crippen molar-refractivity contribution in [3.8, 4) is 0 Å². The number of nitrogens with zero attached hydrogens (tertiary/aromatic N) is 2. The Kier molecular flexibility index (Phi) is 4.34. The van der Waals surface area contributed by atoms with E-state index in [1.165, 1.54) is 11.3 Å². The fourth-order valence-corrected chi connectivity index (χ4v) is 3.23. The standard InChI is InChI=1S/C14H26N4O2/c1-10-5-4-6-11(9-15)17(10)7-8-18-12(19)14(2,3)16-13(18)20/h10-11H,4-9,15H2,1-3H3,(H,16,20). The lowest BCUT2D eigenvalue weighted by molar-refractivity contribution is -0.130. The molecule has 0 radical (unpaired) electrons. The first kappa shape index (κ1) is 15.3. The Labute approximate surface area is 120 Å². The van der Waals surface area contributed by atoms with Crippen molar-refractivity contribution in [1.82, 2.24) is 15.1 Å². The van der Waals surface area contributed by atoms with Crippen LogP contribution < -0.4 is 11.1 Å². The molecule has 2 saturated heterocycles. The van der Waals surface area contributed by atoms with E-state index in [9.17, 15) is 9.59 Å². The molecule has 3 N–H and O–H groups in total. The molecule has 2 heterocycles. The van der Waals surface area contributed by atoms with Gasteiger partial charge in [-0.05, 0) is 33.6 Å². The second-order valence-corrected chi connectivity index (χ2v) is 6.42. The van der Waals surface area contributed by atoms with Crippen molar-refractivity contribution in [3.05, 3.63) is 0 Å². The van der Waals surface area contributed by atoms with Crippen LogP contribution in [0.2, 0.25) is 0 Å². The van der Waals surface area contributed by atoms with E-state index in [1.54, 1.807) is 13.8 Å². The first-order chi connectivity index (χ1) is 9.36. The third-order valence-corrected chi connectivity index (χ3v) is 4.49. The maximum atomic E-state index is 12.1. The molecule has 2 rings (SSSR count). The molecule has 6 heteroatoms. The molecule has 2 atom stereocenters. The average Bonchev–Trinajstić information content (AvgIpc) is 2.58. The molecule has 2 fully saturated rings. The Morgan fingerprint density at radius 2 is 2.00 bits per heavy atom. The molecule has 2 aliphatic rings. The molecule has 0 aromatic rings. The average molecular weight is 282 g/mol. The molecule has 0 saturated carbocycles. The summed E-state index contributed by atoms with van der Waals surface area (Å²) in [6, 6.07) is 0.549. The number of rotatable bonds is 4. The quantitative estimate of drug-likeness (QED) is 0.737. The van der Waals surface area contributed by atoms with Gasteiger partial charge in [0.1, 0.15) is 5.54 Å². The van der Waals surface area contributed by atoms with E-state index < -0.39 is 5.54 Å². The Balaban J connectivity index is 1.97. The fraction of sp³-hybridized carbons (Fsp3) is 0.857. The monoisotopic (exact) mass is 282 g/mol. The highest BCUT2D eigenvalue weighted by Gasteiger charge is 2.44. The number of carbonyl (C=O) groups excluding carboxylic acids is 2. The molecule has 3 amide bonds. The summed E-state index contributed by atoms with van der Waals surface area (Å²) in [5, 5.41) is 2.71. The maximum Gasteiger partial charge on any atom is 0.325 e. The van der Waals surface area contributed by atoms with Gasteiger partial charge in [-0.2, -0.15) is 0 Å². The largest absolute Gasteiger partial charge is 0.329 e. The van der Waals surface area contributed by atoms with E-state index in [0.29, 0.717) is 31.7 Å². The smallest absolute Gasteiger partial charge is 0.325 e. The maximum absolute atomic E-state index is 12.1. The van der Waals surface area contributed by atoms with Crippen LogP contribution in [0, 0.1) is 0 Å². The minimum atomic E-state index is -0.780. The zero-order valence-corrected chi connectivity index (χ0v) is 12.7. The van der Waals surface area contributed by atoms with Gasteiger partial charge >= 0.3 is 6.03 Å². The predicted octanol–water partition coefficient (Wildman–Crippen LogP) is 0.519. The van der Waals surface area contributed by atoms with Crippen molar-refractivity contribution in [2.45, 2.75) is 57.7 Å². The molecular formula is C14H26N4O2. The molecule has 0 aliphatic carbocycles. The van der Waals surface area contributed by atoms with Crippen LogP contribution in [0.15, 0.2) is 0 Å². The topological polar surface area (TPSA) is 78.7 Å². The van der Waals surface area contributed by atoms with Gasteiger partial charge in [-0.25, -0.2) is 4.79 Å². The summed E-state index contributed by atoms with van der Waals surface area (Å²) < 4.78 is 0. The van der Waals surface area contributed by atoms with Crippen molar-refractivity contribution in [2.75, 3.05) is 19.6 Å². The summed E-state index contributed by atoms with van der Waals surface area (Å²) in [7, 11) is 0. The van der Waals surface area contributed by atoms with E-state index in [4.69, 9.17) is 5.73 Å². The van der Waals surface area contributed by atoms with Gasteiger partial charge in [-0.15, -0.1) is 0 Å². The van der Waals surface area contributed by atoms with Gasteiger partial charge in [0, 0.05) is 31.7 Å². The third-order valence-electron chi connectivity index (χ3n) is 4.49. The number of piperidine rings is 1. The molecule has 114 valence electrons. The van der Waals surface area contributed by atoms with Crippen LogP contribution in [0.1, 0.15) is 40.0 Å². The predicted molar refractivity (Wildman–Crippen MR) is 77.2 cm³/mol. The van der Waals surface area contributed by atoms with E-state index in [-0.39, 0.29) is 11.9 Å². The van der Waals surface area contributed by atoms with Crippen LogP contribution in [-0.2, 0) is 4.79 Å². The SMILES string of the molecule is CC1CCCC(CN)N1CCN1C(=O)NC(C)(C)C1=O.